The zero-order chi connectivity index (χ0) is 16.4. The van der Waals surface area contributed by atoms with E-state index in [1.54, 1.807) is 29.6 Å². The van der Waals surface area contributed by atoms with Gasteiger partial charge in [-0.25, -0.2) is 4.99 Å². The molecular formula is C16H8N4OS2. The van der Waals surface area contributed by atoms with Gasteiger partial charge in [0.25, 0.3) is 0 Å². The van der Waals surface area contributed by atoms with Gasteiger partial charge in [0, 0.05) is 10.5 Å². The molecule has 0 aliphatic carbocycles. The molecule has 1 aliphatic heterocycles. The topological polar surface area (TPSA) is 104 Å². The molecule has 110 valence electrons. The van der Waals surface area contributed by atoms with Crippen LogP contribution >= 0.6 is 22.7 Å². The quantitative estimate of drug-likeness (QED) is 0.664. The lowest BCUT2D eigenvalue weighted by atomic mass is 9.95. The van der Waals surface area contributed by atoms with Crippen LogP contribution in [0.2, 0.25) is 0 Å². The zero-order valence-corrected chi connectivity index (χ0v) is 13.2. The van der Waals surface area contributed by atoms with Gasteiger partial charge in [-0.3, -0.25) is 5.41 Å². The Morgan fingerprint density at radius 2 is 1.96 bits per heavy atom. The Morgan fingerprint density at radius 1 is 1.22 bits per heavy atom. The SMILES string of the molecule is N#CC(=C=N)C1=NC(O)(c2cccs2)C(c2cccs2)=C1C#N. The van der Waals surface area contributed by atoms with E-state index in [0.717, 1.165) is 0 Å². The van der Waals surface area contributed by atoms with Crippen molar-refractivity contribution in [3.05, 3.63) is 55.9 Å². The lowest BCUT2D eigenvalue weighted by Gasteiger charge is -2.21. The molecule has 0 spiro atoms. The summed E-state index contributed by atoms with van der Waals surface area (Å²) in [5, 5.41) is 40.8. The number of thiophene rings is 2. The van der Waals surface area contributed by atoms with E-state index in [1.165, 1.54) is 22.7 Å². The van der Waals surface area contributed by atoms with Crippen LogP contribution in [0.25, 0.3) is 5.57 Å². The van der Waals surface area contributed by atoms with Crippen LogP contribution in [-0.2, 0) is 5.72 Å². The molecule has 0 bridgehead atoms. The number of nitrogens with zero attached hydrogens (tertiary/aromatic N) is 3. The van der Waals surface area contributed by atoms with Crippen molar-refractivity contribution in [2.45, 2.75) is 5.72 Å². The molecule has 0 aromatic carbocycles. The highest BCUT2D eigenvalue weighted by molar-refractivity contribution is 7.11. The lowest BCUT2D eigenvalue weighted by Crippen LogP contribution is -2.21. The van der Waals surface area contributed by atoms with Crippen LogP contribution in [0.15, 0.2) is 51.2 Å². The van der Waals surface area contributed by atoms with Crippen LogP contribution < -0.4 is 0 Å². The molecule has 0 fully saturated rings. The van der Waals surface area contributed by atoms with E-state index in [1.807, 2.05) is 23.4 Å². The Morgan fingerprint density at radius 3 is 2.48 bits per heavy atom. The van der Waals surface area contributed by atoms with Gasteiger partial charge in [0.2, 0.25) is 5.72 Å². The number of hydrogen-bond acceptors (Lipinski definition) is 7. The minimum absolute atomic E-state index is 0.00398. The smallest absolute Gasteiger partial charge is 0.221 e. The normalized spacial score (nSPS) is 19.7. The first-order valence-electron chi connectivity index (χ1n) is 6.41. The second kappa shape index (κ2) is 5.77. The molecule has 0 amide bonds. The van der Waals surface area contributed by atoms with E-state index in [9.17, 15) is 10.4 Å². The van der Waals surface area contributed by atoms with E-state index >= 15 is 0 Å². The van der Waals surface area contributed by atoms with Gasteiger partial charge < -0.3 is 5.11 Å². The molecule has 1 atom stereocenters. The van der Waals surface area contributed by atoms with E-state index in [4.69, 9.17) is 10.7 Å². The van der Waals surface area contributed by atoms with Crippen LogP contribution in [-0.4, -0.2) is 16.7 Å². The van der Waals surface area contributed by atoms with E-state index in [0.29, 0.717) is 15.3 Å². The molecule has 0 saturated carbocycles. The summed E-state index contributed by atoms with van der Waals surface area (Å²) in [4.78, 5) is 5.48. The maximum atomic E-state index is 11.2. The van der Waals surface area contributed by atoms with Crippen molar-refractivity contribution in [1.82, 2.24) is 0 Å². The molecule has 2 aromatic rings. The minimum atomic E-state index is -1.74. The predicted molar refractivity (Wildman–Crippen MR) is 89.4 cm³/mol. The fraction of sp³-hybridized carbons (Fsp3) is 0.0625. The molecular weight excluding hydrogens is 328 g/mol. The molecule has 2 aromatic heterocycles. The molecule has 1 unspecified atom stereocenters. The number of hydrogen-bond donors (Lipinski definition) is 2. The number of aliphatic hydroxyl groups is 1. The summed E-state index contributed by atoms with van der Waals surface area (Å²) in [5.74, 6) is 1.99. The molecule has 23 heavy (non-hydrogen) atoms. The van der Waals surface area contributed by atoms with Gasteiger partial charge in [0.15, 0.2) is 0 Å². The van der Waals surface area contributed by atoms with Crippen molar-refractivity contribution in [3.63, 3.8) is 0 Å². The average molecular weight is 336 g/mol. The van der Waals surface area contributed by atoms with Crippen LogP contribution in [0.1, 0.15) is 9.75 Å². The summed E-state index contributed by atoms with van der Waals surface area (Å²) >= 11 is 2.68. The Labute approximate surface area is 139 Å². The highest BCUT2D eigenvalue weighted by Crippen LogP contribution is 2.47. The molecule has 2 N–H and O–H groups in total. The molecule has 1 aliphatic rings. The summed E-state index contributed by atoms with van der Waals surface area (Å²) < 4.78 is 0. The highest BCUT2D eigenvalue weighted by Gasteiger charge is 2.45. The van der Waals surface area contributed by atoms with Crippen LogP contribution in [0.5, 0.6) is 0 Å². The van der Waals surface area contributed by atoms with Gasteiger partial charge in [-0.15, -0.1) is 22.7 Å². The van der Waals surface area contributed by atoms with Crippen molar-refractivity contribution in [2.24, 2.45) is 4.99 Å². The molecule has 0 radical (unpaired) electrons. The Hall–Kier alpha value is -2.80. The van der Waals surface area contributed by atoms with E-state index < -0.39 is 5.72 Å². The second-order valence-electron chi connectivity index (χ2n) is 4.56. The zero-order valence-electron chi connectivity index (χ0n) is 11.6. The van der Waals surface area contributed by atoms with Crippen LogP contribution in [0.3, 0.4) is 0 Å². The first kappa shape index (κ1) is 15.1. The largest absolute Gasteiger partial charge is 0.361 e. The van der Waals surface area contributed by atoms with Crippen LogP contribution in [0.4, 0.5) is 0 Å². The molecule has 5 nitrogen and oxygen atoms in total. The summed E-state index contributed by atoms with van der Waals surface area (Å²) in [7, 11) is 0. The first-order chi connectivity index (χ1) is 11.2. The maximum absolute atomic E-state index is 11.2. The highest BCUT2D eigenvalue weighted by atomic mass is 32.1. The Bertz CT molecular complexity index is 949. The lowest BCUT2D eigenvalue weighted by molar-refractivity contribution is 0.118. The Balaban J connectivity index is 2.35. The first-order valence-corrected chi connectivity index (χ1v) is 8.17. The maximum Gasteiger partial charge on any atom is 0.221 e. The third-order valence-electron chi connectivity index (χ3n) is 3.33. The fourth-order valence-corrected chi connectivity index (χ4v) is 3.96. The average Bonchev–Trinajstić information content (AvgIpc) is 3.28. The predicted octanol–water partition coefficient (Wildman–Crippen LogP) is 3.09. The molecule has 0 saturated heterocycles. The van der Waals surface area contributed by atoms with Crippen molar-refractivity contribution in [3.8, 4) is 12.1 Å². The summed E-state index contributed by atoms with van der Waals surface area (Å²) in [6, 6.07) is 10.9. The monoisotopic (exact) mass is 336 g/mol. The number of rotatable bonds is 3. The van der Waals surface area contributed by atoms with Crippen LogP contribution in [0, 0.1) is 28.1 Å². The summed E-state index contributed by atoms with van der Waals surface area (Å²) in [6.45, 7) is 0. The standard InChI is InChI=1S/C16H8N4OS2/c17-7-10(8-18)15-11(9-19)14(12-3-1-5-22-12)16(21,20-15)13-4-2-6-23-13/h1-6,17,21H. The number of nitrogens with one attached hydrogen (secondary N) is 1. The van der Waals surface area contributed by atoms with Gasteiger partial charge in [0.05, 0.1) is 10.5 Å². The van der Waals surface area contributed by atoms with Crippen molar-refractivity contribution >= 4 is 39.8 Å². The fourth-order valence-electron chi connectivity index (χ4n) is 2.37. The number of allylic oxidation sites excluding steroid dienone is 2. The minimum Gasteiger partial charge on any atom is -0.361 e. The van der Waals surface area contributed by atoms with Gasteiger partial charge in [-0.1, -0.05) is 12.1 Å². The number of nitriles is 2. The van der Waals surface area contributed by atoms with Gasteiger partial charge in [-0.2, -0.15) is 10.5 Å². The van der Waals surface area contributed by atoms with Gasteiger partial charge in [-0.05, 0) is 28.8 Å². The summed E-state index contributed by atoms with van der Waals surface area (Å²) in [6.07, 6.45) is 0. The summed E-state index contributed by atoms with van der Waals surface area (Å²) in [5.41, 5.74) is -1.47. The van der Waals surface area contributed by atoms with Gasteiger partial charge in [0.1, 0.15) is 23.4 Å². The van der Waals surface area contributed by atoms with E-state index in [2.05, 4.69) is 4.99 Å². The Kier molecular flexibility index (Phi) is 3.79. The molecule has 3 heterocycles. The molecule has 7 heteroatoms. The molecule has 3 rings (SSSR count). The van der Waals surface area contributed by atoms with Crippen molar-refractivity contribution < 1.29 is 5.11 Å². The number of aliphatic imine (C=N–C) groups is 1. The van der Waals surface area contributed by atoms with Crippen molar-refractivity contribution in [2.75, 3.05) is 0 Å². The van der Waals surface area contributed by atoms with E-state index in [-0.39, 0.29) is 16.9 Å². The van der Waals surface area contributed by atoms with Crippen molar-refractivity contribution in [1.29, 1.82) is 15.9 Å². The second-order valence-corrected chi connectivity index (χ2v) is 6.46. The van der Waals surface area contributed by atoms with Gasteiger partial charge >= 0.3 is 0 Å². The third-order valence-corrected chi connectivity index (χ3v) is 5.18. The third kappa shape index (κ3) is 2.25.